The molecule has 1 atom stereocenters. The number of hydrogen-bond donors (Lipinski definition) is 1. The van der Waals surface area contributed by atoms with Gasteiger partial charge in [0.15, 0.2) is 0 Å². The maximum atomic E-state index is 9.67. The van der Waals surface area contributed by atoms with Crippen molar-refractivity contribution >= 4 is 0 Å². The molecule has 0 aliphatic heterocycles. The lowest BCUT2D eigenvalue weighted by Gasteiger charge is -2.08. The van der Waals surface area contributed by atoms with Crippen molar-refractivity contribution in [3.05, 3.63) is 4.91 Å². The Hall–Kier alpha value is -0.440. The van der Waals surface area contributed by atoms with Crippen molar-refractivity contribution in [1.82, 2.24) is 0 Å². The average molecular weight is 130 g/mol. The van der Waals surface area contributed by atoms with E-state index in [1.54, 1.807) is 0 Å². The lowest BCUT2D eigenvalue weighted by Crippen LogP contribution is -2.24. The van der Waals surface area contributed by atoms with Crippen molar-refractivity contribution in [3.63, 3.8) is 0 Å². The molecular formula is C6H14N2O. The number of nitrogens with two attached hydrogens (primary N) is 1. The van der Waals surface area contributed by atoms with E-state index in [4.69, 9.17) is 5.73 Å². The standard InChI is InChI=1S/C6H14N2O/c1-5(2)3-6(7)4-8-9/h5-6H,3-4,7H2,1-2H3/t6-/m1/s1. The van der Waals surface area contributed by atoms with Crippen molar-refractivity contribution in [2.45, 2.75) is 26.3 Å². The second-order valence-corrected chi connectivity index (χ2v) is 2.70. The van der Waals surface area contributed by atoms with Crippen LogP contribution in [-0.4, -0.2) is 12.6 Å². The Bertz CT molecular complexity index is 83.1. The van der Waals surface area contributed by atoms with Gasteiger partial charge >= 0.3 is 0 Å². The third kappa shape index (κ3) is 5.43. The summed E-state index contributed by atoms with van der Waals surface area (Å²) in [4.78, 5) is 9.67. The Morgan fingerprint density at radius 3 is 2.44 bits per heavy atom. The van der Waals surface area contributed by atoms with E-state index < -0.39 is 0 Å². The quantitative estimate of drug-likeness (QED) is 0.580. The van der Waals surface area contributed by atoms with E-state index in [-0.39, 0.29) is 12.6 Å². The van der Waals surface area contributed by atoms with Gasteiger partial charge in [0, 0.05) is 6.04 Å². The van der Waals surface area contributed by atoms with E-state index in [2.05, 4.69) is 19.0 Å². The topological polar surface area (TPSA) is 55.4 Å². The second-order valence-electron chi connectivity index (χ2n) is 2.70. The van der Waals surface area contributed by atoms with Gasteiger partial charge in [-0.1, -0.05) is 19.0 Å². The highest BCUT2D eigenvalue weighted by Gasteiger charge is 2.03. The Kier molecular flexibility index (Phi) is 4.22. The van der Waals surface area contributed by atoms with Crippen LogP contribution in [0.15, 0.2) is 5.18 Å². The fourth-order valence-electron chi connectivity index (χ4n) is 0.776. The average Bonchev–Trinajstić information content (AvgIpc) is 1.63. The summed E-state index contributed by atoms with van der Waals surface area (Å²) < 4.78 is 0. The van der Waals surface area contributed by atoms with Gasteiger partial charge in [-0.25, -0.2) is 0 Å². The molecule has 0 saturated carbocycles. The maximum absolute atomic E-state index is 9.67. The second kappa shape index (κ2) is 4.44. The largest absolute Gasteiger partial charge is 0.326 e. The Labute approximate surface area is 55.6 Å². The van der Waals surface area contributed by atoms with Crippen LogP contribution in [0.5, 0.6) is 0 Å². The summed E-state index contributed by atoms with van der Waals surface area (Å²) in [5.41, 5.74) is 5.49. The monoisotopic (exact) mass is 130 g/mol. The highest BCUT2D eigenvalue weighted by atomic mass is 16.3. The summed E-state index contributed by atoms with van der Waals surface area (Å²) in [6, 6.07) is -0.0394. The molecule has 0 spiro atoms. The van der Waals surface area contributed by atoms with E-state index in [0.717, 1.165) is 6.42 Å². The zero-order valence-electron chi connectivity index (χ0n) is 6.00. The molecular weight excluding hydrogens is 116 g/mol. The Morgan fingerprint density at radius 1 is 1.56 bits per heavy atom. The van der Waals surface area contributed by atoms with Crippen molar-refractivity contribution in [2.24, 2.45) is 16.8 Å². The van der Waals surface area contributed by atoms with Crippen LogP contribution in [0.1, 0.15) is 20.3 Å². The number of nitrogens with zero attached hydrogens (tertiary/aromatic N) is 1. The predicted octanol–water partition coefficient (Wildman–Crippen LogP) is 1.13. The molecule has 0 unspecified atom stereocenters. The lowest BCUT2D eigenvalue weighted by atomic mass is 10.1. The third-order valence-electron chi connectivity index (χ3n) is 1.08. The summed E-state index contributed by atoms with van der Waals surface area (Å²) in [6.07, 6.45) is 0.881. The molecule has 0 fully saturated rings. The van der Waals surface area contributed by atoms with Crippen LogP contribution in [-0.2, 0) is 0 Å². The van der Waals surface area contributed by atoms with Crippen LogP contribution in [0.2, 0.25) is 0 Å². The minimum atomic E-state index is -0.0394. The minimum absolute atomic E-state index is 0.0394. The molecule has 0 saturated heterocycles. The first-order chi connectivity index (χ1) is 4.16. The van der Waals surface area contributed by atoms with Gasteiger partial charge in [0.25, 0.3) is 0 Å². The first kappa shape index (κ1) is 8.56. The van der Waals surface area contributed by atoms with Gasteiger partial charge in [-0.05, 0) is 12.3 Å². The summed E-state index contributed by atoms with van der Waals surface area (Å²) >= 11 is 0. The molecule has 0 aliphatic rings. The summed E-state index contributed by atoms with van der Waals surface area (Å²) in [5.74, 6) is 0.557. The van der Waals surface area contributed by atoms with Crippen LogP contribution in [0.4, 0.5) is 0 Å². The van der Waals surface area contributed by atoms with E-state index >= 15 is 0 Å². The van der Waals surface area contributed by atoms with Crippen molar-refractivity contribution in [1.29, 1.82) is 0 Å². The molecule has 0 rings (SSSR count). The molecule has 9 heavy (non-hydrogen) atoms. The van der Waals surface area contributed by atoms with Crippen molar-refractivity contribution in [2.75, 3.05) is 6.54 Å². The van der Waals surface area contributed by atoms with Crippen molar-refractivity contribution < 1.29 is 0 Å². The molecule has 0 aromatic rings. The van der Waals surface area contributed by atoms with E-state index in [9.17, 15) is 4.91 Å². The molecule has 0 aromatic heterocycles. The zero-order chi connectivity index (χ0) is 7.28. The van der Waals surface area contributed by atoms with Gasteiger partial charge in [0.2, 0.25) is 0 Å². The van der Waals surface area contributed by atoms with Crippen LogP contribution in [0.3, 0.4) is 0 Å². The van der Waals surface area contributed by atoms with Gasteiger partial charge in [-0.2, -0.15) is 4.91 Å². The van der Waals surface area contributed by atoms with Gasteiger partial charge in [0.1, 0.15) is 0 Å². The van der Waals surface area contributed by atoms with E-state index in [1.807, 2.05) is 0 Å². The maximum Gasteiger partial charge on any atom is 0.0962 e. The molecule has 0 bridgehead atoms. The fourth-order valence-corrected chi connectivity index (χ4v) is 0.776. The van der Waals surface area contributed by atoms with Crippen LogP contribution < -0.4 is 5.73 Å². The Morgan fingerprint density at radius 2 is 2.11 bits per heavy atom. The fraction of sp³-hybridized carbons (Fsp3) is 1.00. The molecule has 0 radical (unpaired) electrons. The predicted molar refractivity (Wildman–Crippen MR) is 38.1 cm³/mol. The highest BCUT2D eigenvalue weighted by Crippen LogP contribution is 2.01. The summed E-state index contributed by atoms with van der Waals surface area (Å²) in [7, 11) is 0. The number of hydrogen-bond acceptors (Lipinski definition) is 3. The smallest absolute Gasteiger partial charge is 0.0962 e. The molecule has 2 N–H and O–H groups in total. The molecule has 0 heterocycles. The molecule has 3 nitrogen and oxygen atoms in total. The first-order valence-electron chi connectivity index (χ1n) is 3.21. The van der Waals surface area contributed by atoms with Crippen molar-refractivity contribution in [3.8, 4) is 0 Å². The SMILES string of the molecule is CC(C)C[C@@H](N)CN=O. The van der Waals surface area contributed by atoms with Gasteiger partial charge in [0.05, 0.1) is 6.54 Å². The highest BCUT2D eigenvalue weighted by molar-refractivity contribution is 4.64. The summed E-state index contributed by atoms with van der Waals surface area (Å²) in [6.45, 7) is 4.40. The summed E-state index contributed by atoms with van der Waals surface area (Å²) in [5, 5.41) is 2.71. The molecule has 3 heteroatoms. The lowest BCUT2D eigenvalue weighted by molar-refractivity contribution is 0.501. The zero-order valence-corrected chi connectivity index (χ0v) is 6.00. The minimum Gasteiger partial charge on any atom is -0.326 e. The van der Waals surface area contributed by atoms with Gasteiger partial charge < -0.3 is 5.73 Å². The van der Waals surface area contributed by atoms with E-state index in [0.29, 0.717) is 5.92 Å². The number of rotatable bonds is 4. The normalized spacial score (nSPS) is 13.8. The Balaban J connectivity index is 3.25. The molecule has 54 valence electrons. The molecule has 0 amide bonds. The van der Waals surface area contributed by atoms with E-state index in [1.165, 1.54) is 0 Å². The number of nitroso groups, excluding NO2 is 1. The first-order valence-corrected chi connectivity index (χ1v) is 3.21. The third-order valence-corrected chi connectivity index (χ3v) is 1.08. The van der Waals surface area contributed by atoms with Crippen LogP contribution in [0.25, 0.3) is 0 Å². The van der Waals surface area contributed by atoms with Gasteiger partial charge in [-0.15, -0.1) is 0 Å². The van der Waals surface area contributed by atoms with Crippen LogP contribution in [0, 0.1) is 10.8 Å². The molecule has 0 aromatic carbocycles. The molecule has 0 aliphatic carbocycles. The van der Waals surface area contributed by atoms with Gasteiger partial charge in [-0.3, -0.25) is 0 Å². The van der Waals surface area contributed by atoms with Crippen LogP contribution >= 0.6 is 0 Å².